The van der Waals surface area contributed by atoms with Crippen molar-refractivity contribution in [3.05, 3.63) is 194 Å². The fourth-order valence-corrected chi connectivity index (χ4v) is 10.9. The van der Waals surface area contributed by atoms with E-state index >= 15 is 0 Å². The molecule has 0 N–H and O–H groups in total. The third-order valence-corrected chi connectivity index (χ3v) is 14.4. The third kappa shape index (κ3) is 8.51. The van der Waals surface area contributed by atoms with Crippen molar-refractivity contribution < 1.29 is 24.5 Å². The molecule has 0 aliphatic heterocycles. The Hall–Kier alpha value is -6.17. The number of nitrogens with zero attached hydrogens (tertiary/aromatic N) is 3. The smallest absolute Gasteiger partial charge is 0.120 e. The fraction of sp³-hybridized carbons (Fsp3) is 0.158. The summed E-state index contributed by atoms with van der Waals surface area (Å²) in [6, 6.07) is 65.5. The molecule has 1 aliphatic rings. The van der Waals surface area contributed by atoms with Crippen molar-refractivity contribution >= 4 is 46.2 Å². The average molecular weight is 1010 g/mol. The summed E-state index contributed by atoms with van der Waals surface area (Å²) in [6.07, 6.45) is 9.03. The van der Waals surface area contributed by atoms with Gasteiger partial charge in [-0.15, -0.1) is 54.1 Å². The molecule has 63 heavy (non-hydrogen) atoms. The summed E-state index contributed by atoms with van der Waals surface area (Å²) in [5, 5.41) is 3.69. The number of hydrogen-bond donors (Lipinski definition) is 0. The maximum Gasteiger partial charge on any atom is 0.120 e. The van der Waals surface area contributed by atoms with Gasteiger partial charge in [0.2, 0.25) is 0 Å². The van der Waals surface area contributed by atoms with Gasteiger partial charge in [0, 0.05) is 42.8 Å². The van der Waals surface area contributed by atoms with Gasteiger partial charge in [-0.05, 0) is 52.5 Å². The quantitative estimate of drug-likeness (QED) is 0.113. The van der Waals surface area contributed by atoms with Gasteiger partial charge in [-0.3, -0.25) is 4.98 Å². The summed E-state index contributed by atoms with van der Waals surface area (Å²) in [7, 11) is -1.35. The molecule has 11 rings (SSSR count). The second-order valence-electron chi connectivity index (χ2n) is 17.5. The summed E-state index contributed by atoms with van der Waals surface area (Å²) in [5.74, 6) is 1.68. The van der Waals surface area contributed by atoms with Gasteiger partial charge in [-0.2, -0.15) is 0 Å². The standard InChI is InChI=1S/C37H23N2O.C20H26NSi.Ir/c1-3-13-25(14-4-1)27-18-11-19-28(26-15-5-2-6-16-26)35(27)39-33-23-9-8-22-32(33)38-37(39)31-21-12-20-30-29-17-7-10-24-34(29)40-36(30)31;1-22(2,3)20-15-21-19(17-11-5-4-6-12-17)14-18(20)13-16-9-7-8-10-16;/h1-20,22-24H;4-6,11,14-16H,7-10,13H2,1-3H3;/q2*-1;. The molecular weight excluding hydrogens is 963 g/mol. The second kappa shape index (κ2) is 18.3. The Balaban J connectivity index is 0.000000187. The van der Waals surface area contributed by atoms with Crippen molar-refractivity contribution in [2.45, 2.75) is 51.7 Å². The van der Waals surface area contributed by atoms with Crippen molar-refractivity contribution in [1.29, 1.82) is 0 Å². The Kier molecular flexibility index (Phi) is 12.2. The molecule has 1 aliphatic carbocycles. The molecule has 7 aromatic carbocycles. The molecule has 0 saturated heterocycles. The van der Waals surface area contributed by atoms with E-state index in [1.807, 2.05) is 42.5 Å². The minimum atomic E-state index is -1.35. The van der Waals surface area contributed by atoms with Crippen LogP contribution >= 0.6 is 0 Å². The van der Waals surface area contributed by atoms with Crippen LogP contribution in [0.25, 0.3) is 83.6 Å². The summed E-state index contributed by atoms with van der Waals surface area (Å²) in [5.41, 5.74) is 13.8. The fourth-order valence-electron chi connectivity index (χ4n) is 9.33. The Morgan fingerprint density at radius 1 is 0.667 bits per heavy atom. The summed E-state index contributed by atoms with van der Waals surface area (Å²) >= 11 is 0. The molecule has 0 atom stereocenters. The summed E-state index contributed by atoms with van der Waals surface area (Å²) in [4.78, 5) is 9.97. The summed E-state index contributed by atoms with van der Waals surface area (Å²) < 4.78 is 8.76. The monoisotopic (exact) mass is 1010 g/mol. The molecule has 0 bridgehead atoms. The van der Waals surface area contributed by atoms with Crippen molar-refractivity contribution in [3.8, 4) is 50.6 Å². The number of rotatable bonds is 8. The van der Waals surface area contributed by atoms with Crippen LogP contribution in [0.5, 0.6) is 0 Å². The predicted molar refractivity (Wildman–Crippen MR) is 261 cm³/mol. The number of imidazole rings is 1. The zero-order chi connectivity index (χ0) is 42.0. The number of aromatic nitrogens is 3. The van der Waals surface area contributed by atoms with E-state index in [1.54, 1.807) is 10.8 Å². The first-order valence-electron chi connectivity index (χ1n) is 21.9. The molecule has 6 heteroatoms. The topological polar surface area (TPSA) is 43.9 Å². The number of fused-ring (bicyclic) bond motifs is 4. The van der Waals surface area contributed by atoms with Crippen LogP contribution in [0.4, 0.5) is 0 Å². The minimum absolute atomic E-state index is 0. The molecule has 3 aromatic heterocycles. The molecule has 0 unspecified atom stereocenters. The Bertz CT molecular complexity index is 3090. The van der Waals surface area contributed by atoms with E-state index in [2.05, 4.69) is 170 Å². The number of para-hydroxylation sites is 4. The number of furan rings is 1. The van der Waals surface area contributed by atoms with Crippen LogP contribution in [-0.2, 0) is 26.5 Å². The molecule has 4 nitrogen and oxygen atoms in total. The number of pyridine rings is 1. The van der Waals surface area contributed by atoms with Gasteiger partial charge in [-0.1, -0.05) is 177 Å². The van der Waals surface area contributed by atoms with Gasteiger partial charge in [0.15, 0.2) is 0 Å². The molecule has 1 radical (unpaired) electrons. The van der Waals surface area contributed by atoms with Gasteiger partial charge in [0.25, 0.3) is 0 Å². The Labute approximate surface area is 385 Å². The minimum Gasteiger partial charge on any atom is -0.501 e. The first-order chi connectivity index (χ1) is 30.4. The first kappa shape index (κ1) is 42.1. The van der Waals surface area contributed by atoms with Gasteiger partial charge < -0.3 is 14.0 Å². The SMILES string of the molecule is C[Si](C)(C)c1cnc(-c2[c-]cccc2)cc1CC1CCCC1.[Ir].[c-]1ccc2c(oc3ccccc32)c1-c1nc2ccccc2n1-c1c(-c2ccccc2)cccc1-c1ccccc1. The molecule has 313 valence electrons. The van der Waals surface area contributed by atoms with Crippen molar-refractivity contribution in [2.24, 2.45) is 5.92 Å². The first-order valence-corrected chi connectivity index (χ1v) is 25.4. The normalized spacial score (nSPS) is 12.9. The largest absolute Gasteiger partial charge is 0.501 e. The van der Waals surface area contributed by atoms with E-state index in [0.717, 1.165) is 89.5 Å². The van der Waals surface area contributed by atoms with Crippen LogP contribution < -0.4 is 5.19 Å². The summed E-state index contributed by atoms with van der Waals surface area (Å²) in [6.45, 7) is 7.28. The van der Waals surface area contributed by atoms with Gasteiger partial charge in [0.1, 0.15) is 5.58 Å². The Morgan fingerprint density at radius 3 is 2.03 bits per heavy atom. The van der Waals surface area contributed by atoms with Crippen LogP contribution in [0.1, 0.15) is 31.2 Å². The van der Waals surface area contributed by atoms with E-state index in [9.17, 15) is 0 Å². The van der Waals surface area contributed by atoms with Crippen molar-refractivity contribution in [1.82, 2.24) is 14.5 Å². The molecule has 3 heterocycles. The van der Waals surface area contributed by atoms with Crippen LogP contribution in [0.2, 0.25) is 19.6 Å². The van der Waals surface area contributed by atoms with Crippen LogP contribution in [0.3, 0.4) is 0 Å². The zero-order valence-electron chi connectivity index (χ0n) is 35.9. The zero-order valence-corrected chi connectivity index (χ0v) is 39.3. The van der Waals surface area contributed by atoms with Crippen LogP contribution in [-0.4, -0.2) is 22.6 Å². The Morgan fingerprint density at radius 2 is 1.33 bits per heavy atom. The number of benzene rings is 7. The predicted octanol–water partition coefficient (Wildman–Crippen LogP) is 14.6. The van der Waals surface area contributed by atoms with E-state index in [-0.39, 0.29) is 20.1 Å². The number of hydrogen-bond acceptors (Lipinski definition) is 3. The van der Waals surface area contributed by atoms with Crippen molar-refractivity contribution in [2.75, 3.05) is 0 Å². The van der Waals surface area contributed by atoms with E-state index in [4.69, 9.17) is 14.4 Å². The average Bonchev–Trinajstić information content (AvgIpc) is 4.07. The molecule has 10 aromatic rings. The molecule has 1 saturated carbocycles. The van der Waals surface area contributed by atoms with Gasteiger partial charge >= 0.3 is 0 Å². The maximum atomic E-state index is 6.47. The molecular formula is C57H49IrN3OSi-2. The van der Waals surface area contributed by atoms with E-state index in [1.165, 1.54) is 32.1 Å². The van der Waals surface area contributed by atoms with E-state index < -0.39 is 8.07 Å². The van der Waals surface area contributed by atoms with Gasteiger partial charge in [0.05, 0.1) is 36.2 Å². The third-order valence-electron chi connectivity index (χ3n) is 12.3. The molecule has 0 spiro atoms. The van der Waals surface area contributed by atoms with Crippen LogP contribution in [0, 0.1) is 18.1 Å². The molecule has 0 amide bonds. The van der Waals surface area contributed by atoms with Crippen LogP contribution in [0.15, 0.2) is 180 Å². The van der Waals surface area contributed by atoms with Gasteiger partial charge in [-0.25, -0.2) is 0 Å². The molecule has 1 fully saturated rings. The second-order valence-corrected chi connectivity index (χ2v) is 22.5. The van der Waals surface area contributed by atoms with E-state index in [0.29, 0.717) is 0 Å². The maximum absolute atomic E-state index is 6.47. The van der Waals surface area contributed by atoms with Crippen molar-refractivity contribution in [3.63, 3.8) is 0 Å².